The van der Waals surface area contributed by atoms with Crippen LogP contribution in [-0.4, -0.2) is 41.7 Å². The van der Waals surface area contributed by atoms with Crippen LogP contribution in [0.3, 0.4) is 0 Å². The summed E-state index contributed by atoms with van der Waals surface area (Å²) in [5, 5.41) is 0. The number of hydrogen-bond donors (Lipinski definition) is 0. The molecule has 2 aliphatic rings. The molecule has 0 spiro atoms. The Bertz CT molecular complexity index is 801. The largest absolute Gasteiger partial charge is 0.369 e. The molecule has 0 saturated carbocycles. The van der Waals surface area contributed by atoms with Gasteiger partial charge in [-0.15, -0.1) is 0 Å². The van der Waals surface area contributed by atoms with Crippen LogP contribution >= 0.6 is 0 Å². The van der Waals surface area contributed by atoms with Crippen LogP contribution < -0.4 is 0 Å². The zero-order valence-corrected chi connectivity index (χ0v) is 17.7. The minimum atomic E-state index is -2.81. The Morgan fingerprint density at radius 3 is 1.97 bits per heavy atom. The van der Waals surface area contributed by atoms with Crippen molar-refractivity contribution >= 4 is 0 Å². The summed E-state index contributed by atoms with van der Waals surface area (Å²) in [7, 11) is 0. The van der Waals surface area contributed by atoms with E-state index in [-0.39, 0.29) is 12.1 Å². The third-order valence-corrected chi connectivity index (χ3v) is 6.66. The summed E-state index contributed by atoms with van der Waals surface area (Å²) in [6, 6.07) is 18.6. The lowest BCUT2D eigenvalue weighted by Gasteiger charge is -2.43. The second kappa shape index (κ2) is 9.13. The lowest BCUT2D eigenvalue weighted by Crippen LogP contribution is -2.58. The van der Waals surface area contributed by atoms with Gasteiger partial charge < -0.3 is 9.47 Å². The maximum absolute atomic E-state index is 15.4. The van der Waals surface area contributed by atoms with E-state index < -0.39 is 24.0 Å². The predicted molar refractivity (Wildman–Crippen MR) is 113 cm³/mol. The maximum atomic E-state index is 15.4. The Kier molecular flexibility index (Phi) is 6.51. The first-order chi connectivity index (χ1) is 14.5. The van der Waals surface area contributed by atoms with Gasteiger partial charge in [0.2, 0.25) is 0 Å². The molecule has 2 aromatic carbocycles. The molecule has 0 amide bonds. The average molecular weight is 416 g/mol. The Labute approximate surface area is 178 Å². The quantitative estimate of drug-likeness (QED) is 0.613. The molecule has 2 saturated heterocycles. The summed E-state index contributed by atoms with van der Waals surface area (Å²) < 4.78 is 43.3. The Morgan fingerprint density at radius 2 is 1.43 bits per heavy atom. The van der Waals surface area contributed by atoms with Crippen molar-refractivity contribution in [3.63, 3.8) is 0 Å². The summed E-state index contributed by atoms with van der Waals surface area (Å²) in [6.45, 7) is 5.08. The minimum Gasteiger partial charge on any atom is -0.369 e. The van der Waals surface area contributed by atoms with E-state index in [4.69, 9.17) is 9.47 Å². The zero-order chi connectivity index (χ0) is 21.1. The molecule has 5 heteroatoms. The fraction of sp³-hybridized carbons (Fsp3) is 0.520. The van der Waals surface area contributed by atoms with Gasteiger partial charge in [0, 0.05) is 12.0 Å². The number of ether oxygens (including phenoxy) is 2. The highest BCUT2D eigenvalue weighted by Crippen LogP contribution is 2.47. The van der Waals surface area contributed by atoms with Crippen LogP contribution in [0.4, 0.5) is 8.78 Å². The third kappa shape index (κ3) is 4.16. The van der Waals surface area contributed by atoms with Crippen molar-refractivity contribution in [2.75, 3.05) is 6.54 Å². The monoisotopic (exact) mass is 415 g/mol. The molecule has 0 aliphatic carbocycles. The van der Waals surface area contributed by atoms with E-state index in [1.807, 2.05) is 65.6 Å². The molecule has 2 aliphatic heterocycles. The smallest absolute Gasteiger partial charge is 0.268 e. The van der Waals surface area contributed by atoms with E-state index in [1.54, 1.807) is 6.92 Å². The second-order valence-corrected chi connectivity index (χ2v) is 8.54. The van der Waals surface area contributed by atoms with Crippen LogP contribution in [0, 0.1) is 5.92 Å². The zero-order valence-electron chi connectivity index (χ0n) is 17.7. The van der Waals surface area contributed by atoms with Crippen molar-refractivity contribution in [1.29, 1.82) is 0 Å². The standard InChI is InChI=1S/C25H31F2NO2/c1-3-21-22(29-16-19-10-6-4-7-11-19)23(30-17-20-12-8-5-9-13-20)24-25(26,27)18(2)14-15-28(21)24/h4-13,18,21-24H,3,14-17H2,1-2H3/t18-,21-,22-,23+,24+/m0/s1. The number of hydrogen-bond acceptors (Lipinski definition) is 3. The molecule has 0 unspecified atom stereocenters. The molecule has 2 heterocycles. The molecule has 0 N–H and O–H groups in total. The number of nitrogens with zero attached hydrogens (tertiary/aromatic N) is 1. The number of alkyl halides is 2. The molecule has 4 rings (SSSR count). The number of benzene rings is 2. The highest BCUT2D eigenvalue weighted by molar-refractivity contribution is 5.16. The van der Waals surface area contributed by atoms with Crippen LogP contribution in [-0.2, 0) is 22.7 Å². The van der Waals surface area contributed by atoms with E-state index in [0.717, 1.165) is 17.5 Å². The highest BCUT2D eigenvalue weighted by Gasteiger charge is 2.63. The van der Waals surface area contributed by atoms with Gasteiger partial charge in [0.15, 0.2) is 0 Å². The second-order valence-electron chi connectivity index (χ2n) is 8.54. The van der Waals surface area contributed by atoms with Gasteiger partial charge in [-0.25, -0.2) is 8.78 Å². The first kappa shape index (κ1) is 21.4. The number of piperidine rings is 1. The van der Waals surface area contributed by atoms with Gasteiger partial charge >= 0.3 is 0 Å². The van der Waals surface area contributed by atoms with Gasteiger partial charge in [-0.1, -0.05) is 74.5 Å². The Balaban J connectivity index is 1.59. The van der Waals surface area contributed by atoms with Gasteiger partial charge in [-0.05, 0) is 30.5 Å². The maximum Gasteiger partial charge on any atom is 0.268 e. The molecule has 0 bridgehead atoms. The number of fused-ring (bicyclic) bond motifs is 1. The average Bonchev–Trinajstić information content (AvgIpc) is 3.08. The highest BCUT2D eigenvalue weighted by atomic mass is 19.3. The normalized spacial score (nSPS) is 30.9. The number of rotatable bonds is 7. The lowest BCUT2D eigenvalue weighted by molar-refractivity contribution is -0.177. The molecule has 2 fully saturated rings. The third-order valence-electron chi connectivity index (χ3n) is 6.66. The minimum absolute atomic E-state index is 0.0714. The molecular weight excluding hydrogens is 384 g/mol. The van der Waals surface area contributed by atoms with Crippen molar-refractivity contribution in [1.82, 2.24) is 4.90 Å². The van der Waals surface area contributed by atoms with Crippen molar-refractivity contribution in [3.05, 3.63) is 71.8 Å². The summed E-state index contributed by atoms with van der Waals surface area (Å²) >= 11 is 0. The van der Waals surface area contributed by atoms with Crippen molar-refractivity contribution in [2.45, 2.75) is 70.1 Å². The molecule has 3 nitrogen and oxygen atoms in total. The van der Waals surface area contributed by atoms with Gasteiger partial charge in [0.25, 0.3) is 5.92 Å². The van der Waals surface area contributed by atoms with E-state index in [0.29, 0.717) is 26.2 Å². The fourth-order valence-electron chi connectivity index (χ4n) is 4.95. The van der Waals surface area contributed by atoms with Gasteiger partial charge in [0.05, 0.1) is 13.2 Å². The fourth-order valence-corrected chi connectivity index (χ4v) is 4.95. The van der Waals surface area contributed by atoms with Crippen LogP contribution in [0.25, 0.3) is 0 Å². The topological polar surface area (TPSA) is 21.7 Å². The lowest BCUT2D eigenvalue weighted by atomic mass is 9.87. The first-order valence-corrected chi connectivity index (χ1v) is 11.0. The molecular formula is C25H31F2NO2. The Morgan fingerprint density at radius 1 is 0.900 bits per heavy atom. The van der Waals surface area contributed by atoms with Gasteiger partial charge in [0.1, 0.15) is 18.2 Å². The van der Waals surface area contributed by atoms with Crippen LogP contribution in [0.2, 0.25) is 0 Å². The van der Waals surface area contributed by atoms with Crippen LogP contribution in [0.1, 0.15) is 37.8 Å². The molecule has 162 valence electrons. The van der Waals surface area contributed by atoms with Crippen molar-refractivity contribution in [3.8, 4) is 0 Å². The molecule has 0 aromatic heterocycles. The summed E-state index contributed by atoms with van der Waals surface area (Å²) in [4.78, 5) is 1.96. The first-order valence-electron chi connectivity index (χ1n) is 11.0. The van der Waals surface area contributed by atoms with Gasteiger partial charge in [-0.3, -0.25) is 4.90 Å². The molecule has 5 atom stereocenters. The molecule has 30 heavy (non-hydrogen) atoms. The van der Waals surface area contributed by atoms with Crippen molar-refractivity contribution < 1.29 is 18.3 Å². The van der Waals surface area contributed by atoms with E-state index in [9.17, 15) is 0 Å². The predicted octanol–water partition coefficient (Wildman–Crippen LogP) is 5.30. The van der Waals surface area contributed by atoms with E-state index in [2.05, 4.69) is 6.92 Å². The van der Waals surface area contributed by atoms with E-state index in [1.165, 1.54) is 0 Å². The summed E-state index contributed by atoms with van der Waals surface area (Å²) in [6.07, 6.45) is 0.194. The summed E-state index contributed by atoms with van der Waals surface area (Å²) in [5.41, 5.74) is 2.03. The number of halogens is 2. The van der Waals surface area contributed by atoms with Crippen LogP contribution in [0.5, 0.6) is 0 Å². The molecule has 0 radical (unpaired) electrons. The van der Waals surface area contributed by atoms with E-state index >= 15 is 8.78 Å². The van der Waals surface area contributed by atoms with Crippen molar-refractivity contribution in [2.24, 2.45) is 5.92 Å². The SMILES string of the molecule is CC[C@H]1[C@H](OCc2ccccc2)[C@@H](OCc2ccccc2)[C@H]2N1CC[C@H](C)C2(F)F. The van der Waals surface area contributed by atoms with Gasteiger partial charge in [-0.2, -0.15) is 0 Å². The Hall–Kier alpha value is -1.82. The van der Waals surface area contributed by atoms with Crippen LogP contribution in [0.15, 0.2) is 60.7 Å². The summed E-state index contributed by atoms with van der Waals surface area (Å²) in [5.74, 6) is -3.47. The molecule has 2 aromatic rings.